The van der Waals surface area contributed by atoms with Crippen molar-refractivity contribution >= 4 is 11.9 Å². The number of nitrogens with one attached hydrogen (secondary N) is 2. The minimum absolute atomic E-state index is 0.108. The fourth-order valence-corrected chi connectivity index (χ4v) is 1.93. The number of nitrogens with zero attached hydrogens (tertiary/aromatic N) is 1. The number of amides is 1. The topological polar surface area (TPSA) is 62.7 Å². The van der Waals surface area contributed by atoms with Gasteiger partial charge >= 0.3 is 0 Å². The van der Waals surface area contributed by atoms with E-state index in [1.54, 1.807) is 7.11 Å². The Balaban J connectivity index is 2.36. The summed E-state index contributed by atoms with van der Waals surface area (Å²) < 4.78 is 5.18. The summed E-state index contributed by atoms with van der Waals surface area (Å²) in [6, 6.07) is 7.45. The third-order valence-corrected chi connectivity index (χ3v) is 3.02. The lowest BCUT2D eigenvalue weighted by Gasteiger charge is -2.22. The van der Waals surface area contributed by atoms with E-state index in [2.05, 4.69) is 15.6 Å². The Bertz CT molecular complexity index is 499. The summed E-state index contributed by atoms with van der Waals surface area (Å²) in [5.74, 6) is 1.14. The van der Waals surface area contributed by atoms with Gasteiger partial charge in [-0.2, -0.15) is 0 Å². The number of carbonyl (C=O) groups is 1. The van der Waals surface area contributed by atoms with E-state index in [0.29, 0.717) is 12.5 Å². The van der Waals surface area contributed by atoms with Gasteiger partial charge in [0.25, 0.3) is 5.91 Å². The van der Waals surface area contributed by atoms with Crippen LogP contribution in [0.25, 0.3) is 0 Å². The van der Waals surface area contributed by atoms with Gasteiger partial charge in [0.2, 0.25) is 0 Å². The van der Waals surface area contributed by atoms with Gasteiger partial charge in [0.1, 0.15) is 11.3 Å². The Labute approximate surface area is 106 Å². The molecule has 1 aliphatic rings. The van der Waals surface area contributed by atoms with Gasteiger partial charge in [-0.15, -0.1) is 0 Å². The summed E-state index contributed by atoms with van der Waals surface area (Å²) in [5, 5.41) is 5.86. The van der Waals surface area contributed by atoms with Gasteiger partial charge in [-0.25, -0.2) is 0 Å². The van der Waals surface area contributed by atoms with Gasteiger partial charge in [0.05, 0.1) is 7.11 Å². The zero-order valence-electron chi connectivity index (χ0n) is 10.8. The largest absolute Gasteiger partial charge is 0.497 e. The van der Waals surface area contributed by atoms with Crippen molar-refractivity contribution in [3.05, 3.63) is 29.8 Å². The molecule has 1 amide bonds. The maximum atomic E-state index is 12.1. The number of guanidine groups is 1. The third-order valence-electron chi connectivity index (χ3n) is 3.02. The first-order valence-electron chi connectivity index (χ1n) is 5.88. The number of rotatable bonds is 3. The normalized spacial score (nSPS) is 24.8. The van der Waals surface area contributed by atoms with Gasteiger partial charge < -0.3 is 10.1 Å². The number of ether oxygens (including phenoxy) is 1. The van der Waals surface area contributed by atoms with E-state index >= 15 is 0 Å². The van der Waals surface area contributed by atoms with Gasteiger partial charge in [-0.1, -0.05) is 12.1 Å². The number of hydrogen-bond acceptors (Lipinski definition) is 3. The first-order chi connectivity index (χ1) is 8.60. The molecule has 1 heterocycles. The predicted octanol–water partition coefficient (Wildman–Crippen LogP) is 1.01. The van der Waals surface area contributed by atoms with E-state index in [1.807, 2.05) is 38.1 Å². The number of benzene rings is 1. The Morgan fingerprint density at radius 1 is 1.44 bits per heavy atom. The maximum Gasteiger partial charge on any atom is 0.256 e. The van der Waals surface area contributed by atoms with Crippen LogP contribution in [0.1, 0.15) is 19.4 Å². The lowest BCUT2D eigenvalue weighted by atomic mass is 9.92. The van der Waals surface area contributed by atoms with Crippen LogP contribution in [0.2, 0.25) is 0 Å². The van der Waals surface area contributed by atoms with Crippen LogP contribution in [-0.4, -0.2) is 25.5 Å². The summed E-state index contributed by atoms with van der Waals surface area (Å²) in [6.07, 6.45) is 0. The average Bonchev–Trinajstić information content (AvgIpc) is 2.66. The average molecular weight is 247 g/mol. The molecule has 2 rings (SSSR count). The van der Waals surface area contributed by atoms with Crippen molar-refractivity contribution in [3.8, 4) is 5.75 Å². The summed E-state index contributed by atoms with van der Waals surface area (Å²) in [4.78, 5) is 16.3. The van der Waals surface area contributed by atoms with Crippen molar-refractivity contribution in [3.63, 3.8) is 0 Å². The van der Waals surface area contributed by atoms with Crippen molar-refractivity contribution < 1.29 is 9.53 Å². The van der Waals surface area contributed by atoms with Crippen molar-refractivity contribution in [2.24, 2.45) is 4.99 Å². The van der Waals surface area contributed by atoms with E-state index < -0.39 is 5.54 Å². The lowest BCUT2D eigenvalue weighted by Crippen LogP contribution is -2.40. The van der Waals surface area contributed by atoms with Crippen LogP contribution in [0.3, 0.4) is 0 Å². The van der Waals surface area contributed by atoms with Crippen molar-refractivity contribution in [2.75, 3.05) is 13.7 Å². The van der Waals surface area contributed by atoms with Crippen molar-refractivity contribution in [2.45, 2.75) is 19.4 Å². The molecule has 0 saturated carbocycles. The molecule has 0 radical (unpaired) electrons. The van der Waals surface area contributed by atoms with Gasteiger partial charge in [-0.05, 0) is 31.5 Å². The standard InChI is InChI=1S/C13H17N3O2/c1-4-14-12-15-11(17)13(2,16-12)9-6-5-7-10(8-9)18-3/h5-8H,4H2,1-3H3,(H2,14,15,16,17). The molecule has 1 aliphatic heterocycles. The molecule has 0 aromatic heterocycles. The van der Waals surface area contributed by atoms with Gasteiger partial charge in [-0.3, -0.25) is 15.1 Å². The first-order valence-corrected chi connectivity index (χ1v) is 5.88. The van der Waals surface area contributed by atoms with E-state index in [0.717, 1.165) is 11.3 Å². The second kappa shape index (κ2) is 4.68. The quantitative estimate of drug-likeness (QED) is 0.837. The SMILES string of the molecule is CCN=C1NC(=O)C(C)(c2cccc(OC)c2)N1. The third kappa shape index (κ3) is 2.03. The number of methoxy groups -OCH3 is 1. The van der Waals surface area contributed by atoms with Crippen LogP contribution in [0.4, 0.5) is 0 Å². The van der Waals surface area contributed by atoms with Crippen LogP contribution in [0.5, 0.6) is 5.75 Å². The molecule has 1 aromatic rings. The van der Waals surface area contributed by atoms with E-state index in [-0.39, 0.29) is 5.91 Å². The number of carbonyl (C=O) groups excluding carboxylic acids is 1. The van der Waals surface area contributed by atoms with Gasteiger partial charge in [0.15, 0.2) is 5.96 Å². The van der Waals surface area contributed by atoms with Crippen LogP contribution < -0.4 is 15.4 Å². The molecule has 1 saturated heterocycles. The van der Waals surface area contributed by atoms with Crippen molar-refractivity contribution in [1.29, 1.82) is 0 Å². The molecule has 1 unspecified atom stereocenters. The molecule has 0 aliphatic carbocycles. The second-order valence-electron chi connectivity index (χ2n) is 4.26. The van der Waals surface area contributed by atoms with Crippen LogP contribution >= 0.6 is 0 Å². The molecule has 5 heteroatoms. The molecule has 1 atom stereocenters. The molecule has 96 valence electrons. The van der Waals surface area contributed by atoms with Gasteiger partial charge in [0, 0.05) is 6.54 Å². The summed E-state index contributed by atoms with van der Waals surface area (Å²) in [7, 11) is 1.60. The Morgan fingerprint density at radius 3 is 2.89 bits per heavy atom. The molecule has 5 nitrogen and oxygen atoms in total. The Kier molecular flexibility index (Phi) is 3.23. The lowest BCUT2D eigenvalue weighted by molar-refractivity contribution is -0.123. The van der Waals surface area contributed by atoms with Crippen LogP contribution in [0.15, 0.2) is 29.3 Å². The molecule has 18 heavy (non-hydrogen) atoms. The molecule has 0 spiro atoms. The monoisotopic (exact) mass is 247 g/mol. The fraction of sp³-hybridized carbons (Fsp3) is 0.385. The fourth-order valence-electron chi connectivity index (χ4n) is 1.93. The smallest absolute Gasteiger partial charge is 0.256 e. The zero-order chi connectivity index (χ0) is 13.2. The van der Waals surface area contributed by atoms with Crippen molar-refractivity contribution in [1.82, 2.24) is 10.6 Å². The first kappa shape index (κ1) is 12.4. The minimum atomic E-state index is -0.803. The van der Waals surface area contributed by atoms with E-state index in [1.165, 1.54) is 0 Å². The zero-order valence-corrected chi connectivity index (χ0v) is 10.8. The summed E-state index contributed by atoms with van der Waals surface area (Å²) in [6.45, 7) is 4.37. The summed E-state index contributed by atoms with van der Waals surface area (Å²) in [5.41, 5.74) is 0.0448. The molecule has 0 bridgehead atoms. The molecule has 1 fully saturated rings. The highest BCUT2D eigenvalue weighted by atomic mass is 16.5. The van der Waals surface area contributed by atoms with E-state index in [9.17, 15) is 4.79 Å². The highest BCUT2D eigenvalue weighted by Gasteiger charge is 2.42. The highest BCUT2D eigenvalue weighted by Crippen LogP contribution is 2.27. The summed E-state index contributed by atoms with van der Waals surface area (Å²) >= 11 is 0. The second-order valence-corrected chi connectivity index (χ2v) is 4.26. The van der Waals surface area contributed by atoms with Crippen LogP contribution in [0, 0.1) is 0 Å². The minimum Gasteiger partial charge on any atom is -0.497 e. The number of hydrogen-bond donors (Lipinski definition) is 2. The highest BCUT2D eigenvalue weighted by molar-refractivity contribution is 6.09. The molecule has 2 N–H and O–H groups in total. The predicted molar refractivity (Wildman–Crippen MR) is 69.6 cm³/mol. The Hall–Kier alpha value is -2.04. The number of aliphatic imine (C=N–C) groups is 1. The molecule has 1 aromatic carbocycles. The molecular weight excluding hydrogens is 230 g/mol. The molecular formula is C13H17N3O2. The van der Waals surface area contributed by atoms with E-state index in [4.69, 9.17) is 4.74 Å². The maximum absolute atomic E-state index is 12.1. The Morgan fingerprint density at radius 2 is 2.22 bits per heavy atom. The van der Waals surface area contributed by atoms with Crippen LogP contribution in [-0.2, 0) is 10.3 Å².